The summed E-state index contributed by atoms with van der Waals surface area (Å²) in [6.07, 6.45) is 11.1. The normalized spacial score (nSPS) is 30.2. The molecule has 0 heterocycles. The van der Waals surface area contributed by atoms with E-state index in [0.29, 0.717) is 5.54 Å². The fourth-order valence-electron chi connectivity index (χ4n) is 2.61. The van der Waals surface area contributed by atoms with Gasteiger partial charge in [-0.1, -0.05) is 23.3 Å². The maximum absolute atomic E-state index is 3.47. The van der Waals surface area contributed by atoms with Crippen LogP contribution in [0.1, 0.15) is 59.8 Å². The smallest absolute Gasteiger partial charge is 0.0150 e. The summed E-state index contributed by atoms with van der Waals surface area (Å²) >= 11 is 0. The summed E-state index contributed by atoms with van der Waals surface area (Å²) in [4.78, 5) is 0. The Bertz CT molecular complexity index is 287. The highest BCUT2D eigenvalue weighted by Crippen LogP contribution is 2.35. The Labute approximate surface area is 107 Å². The van der Waals surface area contributed by atoms with Gasteiger partial charge in [0.2, 0.25) is 0 Å². The lowest BCUT2D eigenvalue weighted by Crippen LogP contribution is -2.43. The predicted octanol–water partition coefficient (Wildman–Crippen LogP) is 4.46. The molecule has 1 aliphatic rings. The van der Waals surface area contributed by atoms with E-state index in [9.17, 15) is 0 Å². The van der Waals surface area contributed by atoms with Crippen LogP contribution in [0.25, 0.3) is 0 Å². The van der Waals surface area contributed by atoms with E-state index in [2.05, 4.69) is 52.2 Å². The van der Waals surface area contributed by atoms with Crippen LogP contribution >= 0.6 is 0 Å². The Hall–Kier alpha value is -0.560. The molecule has 0 atom stereocenters. The van der Waals surface area contributed by atoms with Gasteiger partial charge in [-0.05, 0) is 72.8 Å². The molecule has 1 heteroatoms. The van der Waals surface area contributed by atoms with E-state index in [1.54, 1.807) is 5.57 Å². The largest absolute Gasteiger partial charge is 0.315 e. The topological polar surface area (TPSA) is 12.0 Å². The molecule has 0 spiro atoms. The van der Waals surface area contributed by atoms with Crippen molar-refractivity contribution in [3.8, 4) is 0 Å². The number of allylic oxidation sites excluding steroid dienone is 4. The fraction of sp³-hybridized carbons (Fsp3) is 0.750. The van der Waals surface area contributed by atoms with E-state index in [4.69, 9.17) is 0 Å². The molecule has 98 valence electrons. The molecule has 1 fully saturated rings. The van der Waals surface area contributed by atoms with E-state index in [1.807, 2.05) is 0 Å². The van der Waals surface area contributed by atoms with E-state index < -0.39 is 0 Å². The van der Waals surface area contributed by atoms with Crippen molar-refractivity contribution >= 4 is 0 Å². The number of nitrogens with one attached hydrogen (secondary N) is 1. The Morgan fingerprint density at radius 2 is 1.76 bits per heavy atom. The molecule has 0 bridgehead atoms. The molecule has 0 aromatic rings. The average molecular weight is 235 g/mol. The van der Waals surface area contributed by atoms with Gasteiger partial charge in [0.1, 0.15) is 0 Å². The SMILES string of the molecule is CNC1(C)CCC(C(C)=CCC=C(C)C)CC1. The lowest BCUT2D eigenvalue weighted by Gasteiger charge is -2.37. The van der Waals surface area contributed by atoms with Gasteiger partial charge in [-0.2, -0.15) is 0 Å². The number of rotatable bonds is 4. The molecule has 0 aromatic heterocycles. The van der Waals surface area contributed by atoms with Crippen molar-refractivity contribution in [2.45, 2.75) is 65.3 Å². The van der Waals surface area contributed by atoms with Crippen LogP contribution in [0.2, 0.25) is 0 Å². The average Bonchev–Trinajstić information content (AvgIpc) is 2.29. The van der Waals surface area contributed by atoms with Gasteiger partial charge in [0.25, 0.3) is 0 Å². The second-order valence-corrected chi connectivity index (χ2v) is 6.05. The Morgan fingerprint density at radius 3 is 2.24 bits per heavy atom. The second-order valence-electron chi connectivity index (χ2n) is 6.05. The molecule has 0 saturated heterocycles. The van der Waals surface area contributed by atoms with E-state index in [1.165, 1.54) is 31.3 Å². The van der Waals surface area contributed by atoms with Crippen LogP contribution in [0.15, 0.2) is 23.3 Å². The zero-order chi connectivity index (χ0) is 12.9. The van der Waals surface area contributed by atoms with Crippen LogP contribution < -0.4 is 5.32 Å². The molecule has 1 rings (SSSR count). The summed E-state index contributed by atoms with van der Waals surface area (Å²) in [7, 11) is 2.10. The van der Waals surface area contributed by atoms with Gasteiger partial charge in [-0.15, -0.1) is 0 Å². The van der Waals surface area contributed by atoms with Crippen molar-refractivity contribution in [2.24, 2.45) is 5.92 Å². The van der Waals surface area contributed by atoms with Crippen molar-refractivity contribution in [1.29, 1.82) is 0 Å². The van der Waals surface area contributed by atoms with Gasteiger partial charge in [-0.25, -0.2) is 0 Å². The van der Waals surface area contributed by atoms with Gasteiger partial charge < -0.3 is 5.32 Å². The van der Waals surface area contributed by atoms with Crippen molar-refractivity contribution in [2.75, 3.05) is 7.05 Å². The standard InChI is InChI=1S/C16H29N/c1-13(2)7-6-8-14(3)15-9-11-16(4,17-5)12-10-15/h7-8,15,17H,6,9-12H2,1-5H3. The first kappa shape index (κ1) is 14.5. The third-order valence-electron chi connectivity index (χ3n) is 4.30. The fourth-order valence-corrected chi connectivity index (χ4v) is 2.61. The van der Waals surface area contributed by atoms with Gasteiger partial charge in [0.15, 0.2) is 0 Å². The van der Waals surface area contributed by atoms with E-state index >= 15 is 0 Å². The molecule has 0 aromatic carbocycles. The monoisotopic (exact) mass is 235 g/mol. The quantitative estimate of drug-likeness (QED) is 0.710. The lowest BCUT2D eigenvalue weighted by atomic mass is 9.75. The highest BCUT2D eigenvalue weighted by atomic mass is 14.9. The van der Waals surface area contributed by atoms with Crippen LogP contribution in [0.5, 0.6) is 0 Å². The second kappa shape index (κ2) is 6.39. The van der Waals surface area contributed by atoms with Gasteiger partial charge in [0, 0.05) is 5.54 Å². The molecule has 1 N–H and O–H groups in total. The molecule has 0 aliphatic heterocycles. The highest BCUT2D eigenvalue weighted by molar-refractivity contribution is 5.10. The zero-order valence-corrected chi connectivity index (χ0v) is 12.3. The maximum Gasteiger partial charge on any atom is 0.0150 e. The van der Waals surface area contributed by atoms with Crippen LogP contribution in [0, 0.1) is 5.92 Å². The summed E-state index contributed by atoms with van der Waals surface area (Å²) in [5, 5.41) is 3.47. The summed E-state index contributed by atoms with van der Waals surface area (Å²) in [5.74, 6) is 0.821. The summed E-state index contributed by atoms with van der Waals surface area (Å²) in [5.41, 5.74) is 3.40. The molecular weight excluding hydrogens is 206 g/mol. The molecule has 1 nitrogen and oxygen atoms in total. The molecule has 17 heavy (non-hydrogen) atoms. The van der Waals surface area contributed by atoms with E-state index in [-0.39, 0.29) is 0 Å². The van der Waals surface area contributed by atoms with Gasteiger partial charge in [0.05, 0.1) is 0 Å². The van der Waals surface area contributed by atoms with Crippen molar-refractivity contribution < 1.29 is 0 Å². The Balaban J connectivity index is 2.45. The van der Waals surface area contributed by atoms with Crippen LogP contribution in [-0.2, 0) is 0 Å². The van der Waals surface area contributed by atoms with Crippen LogP contribution in [0.3, 0.4) is 0 Å². The molecular formula is C16H29N. The summed E-state index contributed by atoms with van der Waals surface area (Å²) < 4.78 is 0. The molecule has 1 saturated carbocycles. The van der Waals surface area contributed by atoms with Crippen molar-refractivity contribution in [3.63, 3.8) is 0 Å². The third kappa shape index (κ3) is 4.67. The molecule has 1 aliphatic carbocycles. The minimum atomic E-state index is 0.386. The molecule has 0 amide bonds. The third-order valence-corrected chi connectivity index (χ3v) is 4.30. The van der Waals surface area contributed by atoms with E-state index in [0.717, 1.165) is 12.3 Å². The lowest BCUT2D eigenvalue weighted by molar-refractivity contribution is 0.234. The Morgan fingerprint density at radius 1 is 1.18 bits per heavy atom. The van der Waals surface area contributed by atoms with Crippen molar-refractivity contribution in [1.82, 2.24) is 5.32 Å². The molecule has 0 radical (unpaired) electrons. The maximum atomic E-state index is 3.47. The first-order chi connectivity index (χ1) is 7.97. The first-order valence-corrected chi connectivity index (χ1v) is 6.96. The Kier molecular flexibility index (Phi) is 5.45. The zero-order valence-electron chi connectivity index (χ0n) is 12.3. The molecule has 0 unspecified atom stereocenters. The first-order valence-electron chi connectivity index (χ1n) is 6.96. The highest BCUT2D eigenvalue weighted by Gasteiger charge is 2.29. The van der Waals surface area contributed by atoms with Gasteiger partial charge >= 0.3 is 0 Å². The number of hydrogen-bond donors (Lipinski definition) is 1. The van der Waals surface area contributed by atoms with Crippen LogP contribution in [-0.4, -0.2) is 12.6 Å². The minimum Gasteiger partial charge on any atom is -0.315 e. The van der Waals surface area contributed by atoms with Crippen molar-refractivity contribution in [3.05, 3.63) is 23.3 Å². The predicted molar refractivity (Wildman–Crippen MR) is 77.2 cm³/mol. The minimum absolute atomic E-state index is 0.386. The summed E-state index contributed by atoms with van der Waals surface area (Å²) in [6.45, 7) is 9.00. The summed E-state index contributed by atoms with van der Waals surface area (Å²) in [6, 6.07) is 0. The van der Waals surface area contributed by atoms with Crippen LogP contribution in [0.4, 0.5) is 0 Å². The number of hydrogen-bond acceptors (Lipinski definition) is 1. The van der Waals surface area contributed by atoms with Gasteiger partial charge in [-0.3, -0.25) is 0 Å².